The molecule has 1 atom stereocenters. The van der Waals surface area contributed by atoms with Gasteiger partial charge in [0.15, 0.2) is 0 Å². The maximum absolute atomic E-state index is 5.97. The molecule has 0 amide bonds. The van der Waals surface area contributed by atoms with Crippen molar-refractivity contribution in [2.75, 3.05) is 24.6 Å². The highest BCUT2D eigenvalue weighted by Crippen LogP contribution is 2.25. The minimum absolute atomic E-state index is 0.285. The lowest BCUT2D eigenvalue weighted by Gasteiger charge is -2.34. The van der Waals surface area contributed by atoms with Crippen LogP contribution in [-0.2, 0) is 0 Å². The molecule has 0 aliphatic carbocycles. The van der Waals surface area contributed by atoms with Gasteiger partial charge in [0.25, 0.3) is 0 Å². The van der Waals surface area contributed by atoms with Crippen LogP contribution in [-0.4, -0.2) is 35.7 Å². The van der Waals surface area contributed by atoms with Gasteiger partial charge in [0, 0.05) is 25.2 Å². The normalized spacial score (nSPS) is 18.4. The molecule has 2 rings (SSSR count). The summed E-state index contributed by atoms with van der Waals surface area (Å²) in [4.78, 5) is 11.1. The molecule has 106 valence electrons. The van der Waals surface area contributed by atoms with Crippen molar-refractivity contribution in [3.05, 3.63) is 11.9 Å². The number of rotatable bonds is 4. The zero-order chi connectivity index (χ0) is 13.8. The zero-order valence-electron chi connectivity index (χ0n) is 12.1. The summed E-state index contributed by atoms with van der Waals surface area (Å²) in [5.74, 6) is 3.03. The summed E-state index contributed by atoms with van der Waals surface area (Å²) in [5.41, 5.74) is 5.97. The minimum Gasteiger partial charge on any atom is -0.478 e. The van der Waals surface area contributed by atoms with Gasteiger partial charge in [0.1, 0.15) is 11.6 Å². The van der Waals surface area contributed by atoms with Gasteiger partial charge in [-0.2, -0.15) is 4.98 Å². The van der Waals surface area contributed by atoms with Crippen molar-refractivity contribution >= 4 is 5.82 Å². The number of hydrogen-bond acceptors (Lipinski definition) is 5. The van der Waals surface area contributed by atoms with E-state index in [9.17, 15) is 0 Å². The van der Waals surface area contributed by atoms with E-state index in [-0.39, 0.29) is 6.04 Å². The molecule has 0 spiro atoms. The van der Waals surface area contributed by atoms with Gasteiger partial charge in [-0.05, 0) is 39.5 Å². The Hall–Kier alpha value is -1.36. The molecular weight excluding hydrogens is 240 g/mol. The molecular formula is C14H24N4O. The maximum Gasteiger partial charge on any atom is 0.218 e. The van der Waals surface area contributed by atoms with Crippen molar-refractivity contribution in [2.45, 2.75) is 39.7 Å². The number of aromatic nitrogens is 2. The van der Waals surface area contributed by atoms with Crippen molar-refractivity contribution in [2.24, 2.45) is 11.7 Å². The van der Waals surface area contributed by atoms with E-state index in [2.05, 4.69) is 21.8 Å². The molecule has 2 N–H and O–H groups in total. The number of ether oxygens (including phenoxy) is 1. The van der Waals surface area contributed by atoms with Gasteiger partial charge >= 0.3 is 0 Å². The van der Waals surface area contributed by atoms with E-state index in [1.54, 1.807) is 0 Å². The Morgan fingerprint density at radius 3 is 2.68 bits per heavy atom. The average Bonchev–Trinajstić information content (AvgIpc) is 2.38. The van der Waals surface area contributed by atoms with Crippen LogP contribution in [0.1, 0.15) is 32.5 Å². The molecule has 1 aliphatic heterocycles. The van der Waals surface area contributed by atoms with E-state index < -0.39 is 0 Å². The SMILES string of the molecule is CCOc1cc(N2CCC(C(C)N)CC2)nc(C)n1. The Labute approximate surface area is 115 Å². The monoisotopic (exact) mass is 264 g/mol. The fourth-order valence-electron chi connectivity index (χ4n) is 2.56. The number of nitrogens with two attached hydrogens (primary N) is 1. The summed E-state index contributed by atoms with van der Waals surface area (Å²) >= 11 is 0. The second-order valence-corrected chi connectivity index (χ2v) is 5.23. The second-order valence-electron chi connectivity index (χ2n) is 5.23. The molecule has 1 aliphatic rings. The van der Waals surface area contributed by atoms with Gasteiger partial charge in [0.2, 0.25) is 5.88 Å². The van der Waals surface area contributed by atoms with Gasteiger partial charge in [-0.15, -0.1) is 0 Å². The van der Waals surface area contributed by atoms with Crippen LogP contribution >= 0.6 is 0 Å². The number of anilines is 1. The fraction of sp³-hybridized carbons (Fsp3) is 0.714. The molecule has 2 heterocycles. The van der Waals surface area contributed by atoms with Crippen LogP contribution < -0.4 is 15.4 Å². The quantitative estimate of drug-likeness (QED) is 0.897. The van der Waals surface area contributed by atoms with Crippen LogP contribution in [0.25, 0.3) is 0 Å². The van der Waals surface area contributed by atoms with E-state index in [0.717, 1.165) is 37.6 Å². The molecule has 0 aromatic carbocycles. The van der Waals surface area contributed by atoms with Gasteiger partial charge in [0.05, 0.1) is 6.61 Å². The molecule has 19 heavy (non-hydrogen) atoms. The van der Waals surface area contributed by atoms with Crippen molar-refractivity contribution in [1.29, 1.82) is 0 Å². The van der Waals surface area contributed by atoms with Gasteiger partial charge in [-0.25, -0.2) is 4.98 Å². The lowest BCUT2D eigenvalue weighted by atomic mass is 9.91. The molecule has 1 fully saturated rings. The molecule has 0 radical (unpaired) electrons. The van der Waals surface area contributed by atoms with Crippen molar-refractivity contribution in [1.82, 2.24) is 9.97 Å². The lowest BCUT2D eigenvalue weighted by molar-refractivity contribution is 0.324. The lowest BCUT2D eigenvalue weighted by Crippen LogP contribution is -2.40. The summed E-state index contributed by atoms with van der Waals surface area (Å²) in [6, 6.07) is 2.22. The molecule has 5 heteroatoms. The molecule has 1 aromatic heterocycles. The van der Waals surface area contributed by atoms with Gasteiger partial charge in [-0.3, -0.25) is 0 Å². The molecule has 1 saturated heterocycles. The third kappa shape index (κ3) is 3.56. The van der Waals surface area contributed by atoms with Crippen LogP contribution in [0.15, 0.2) is 6.07 Å². The highest BCUT2D eigenvalue weighted by atomic mass is 16.5. The standard InChI is InChI=1S/C14H24N4O/c1-4-19-14-9-13(16-11(3)17-14)18-7-5-12(6-8-18)10(2)15/h9-10,12H,4-8,15H2,1-3H3. The van der Waals surface area contributed by atoms with Gasteiger partial charge in [-0.1, -0.05) is 0 Å². The van der Waals surface area contributed by atoms with E-state index in [0.29, 0.717) is 18.4 Å². The Bertz CT molecular complexity index is 414. The summed E-state index contributed by atoms with van der Waals surface area (Å²) in [5, 5.41) is 0. The smallest absolute Gasteiger partial charge is 0.218 e. The predicted octanol–water partition coefficient (Wildman–Crippen LogP) is 1.75. The minimum atomic E-state index is 0.285. The van der Waals surface area contributed by atoms with E-state index in [4.69, 9.17) is 10.5 Å². The highest BCUT2D eigenvalue weighted by molar-refractivity contribution is 5.42. The maximum atomic E-state index is 5.97. The molecule has 1 aromatic rings. The van der Waals surface area contributed by atoms with Crippen LogP contribution in [0, 0.1) is 12.8 Å². The summed E-state index contributed by atoms with van der Waals surface area (Å²) in [6.45, 7) is 8.61. The fourth-order valence-corrected chi connectivity index (χ4v) is 2.56. The molecule has 5 nitrogen and oxygen atoms in total. The summed E-state index contributed by atoms with van der Waals surface area (Å²) in [7, 11) is 0. The molecule has 1 unspecified atom stereocenters. The largest absolute Gasteiger partial charge is 0.478 e. The van der Waals surface area contributed by atoms with Crippen molar-refractivity contribution in [3.8, 4) is 5.88 Å². The van der Waals surface area contributed by atoms with Crippen molar-refractivity contribution in [3.63, 3.8) is 0 Å². The van der Waals surface area contributed by atoms with Gasteiger partial charge < -0.3 is 15.4 Å². The number of piperidine rings is 1. The zero-order valence-corrected chi connectivity index (χ0v) is 12.1. The number of aryl methyl sites for hydroxylation is 1. The topological polar surface area (TPSA) is 64.3 Å². The molecule has 0 saturated carbocycles. The number of nitrogens with zero attached hydrogens (tertiary/aromatic N) is 3. The Balaban J connectivity index is 2.06. The second kappa shape index (κ2) is 6.19. The first kappa shape index (κ1) is 14.1. The molecule has 0 bridgehead atoms. The highest BCUT2D eigenvalue weighted by Gasteiger charge is 2.23. The number of hydrogen-bond donors (Lipinski definition) is 1. The van der Waals surface area contributed by atoms with Crippen LogP contribution in [0.2, 0.25) is 0 Å². The Kier molecular flexibility index (Phi) is 4.58. The summed E-state index contributed by atoms with van der Waals surface area (Å²) < 4.78 is 5.48. The third-order valence-corrected chi connectivity index (χ3v) is 3.70. The van der Waals surface area contributed by atoms with Crippen molar-refractivity contribution < 1.29 is 4.74 Å². The summed E-state index contributed by atoms with van der Waals surface area (Å²) in [6.07, 6.45) is 2.26. The Morgan fingerprint density at radius 2 is 2.11 bits per heavy atom. The first-order valence-electron chi connectivity index (χ1n) is 7.09. The Morgan fingerprint density at radius 1 is 1.42 bits per heavy atom. The first-order chi connectivity index (χ1) is 9.10. The average molecular weight is 264 g/mol. The first-order valence-corrected chi connectivity index (χ1v) is 7.09. The van der Waals surface area contributed by atoms with Crippen LogP contribution in [0.3, 0.4) is 0 Å². The van der Waals surface area contributed by atoms with Crippen LogP contribution in [0.4, 0.5) is 5.82 Å². The van der Waals surface area contributed by atoms with E-state index in [1.807, 2.05) is 19.9 Å². The predicted molar refractivity (Wildman–Crippen MR) is 76.5 cm³/mol. The third-order valence-electron chi connectivity index (χ3n) is 3.70. The van der Waals surface area contributed by atoms with E-state index >= 15 is 0 Å². The van der Waals surface area contributed by atoms with Crippen LogP contribution in [0.5, 0.6) is 5.88 Å². The van der Waals surface area contributed by atoms with E-state index in [1.165, 1.54) is 0 Å².